The van der Waals surface area contributed by atoms with Crippen molar-refractivity contribution in [3.8, 4) is 0 Å². The van der Waals surface area contributed by atoms with Crippen LogP contribution in [-0.2, 0) is 22.6 Å². The van der Waals surface area contributed by atoms with Gasteiger partial charge in [0.25, 0.3) is 5.91 Å². The van der Waals surface area contributed by atoms with E-state index < -0.39 is 11.9 Å². The number of amides is 3. The summed E-state index contributed by atoms with van der Waals surface area (Å²) in [4.78, 5) is 37.9. The molecule has 1 aromatic rings. The van der Waals surface area contributed by atoms with Crippen LogP contribution in [0, 0.1) is 11.7 Å². The van der Waals surface area contributed by atoms with Gasteiger partial charge in [0.15, 0.2) is 0 Å². The van der Waals surface area contributed by atoms with Crippen LogP contribution in [-0.4, -0.2) is 45.2 Å². The van der Waals surface area contributed by atoms with Gasteiger partial charge >= 0.3 is 0 Å². The van der Waals surface area contributed by atoms with Crippen molar-refractivity contribution < 1.29 is 18.8 Å². The van der Waals surface area contributed by atoms with Crippen LogP contribution < -0.4 is 10.6 Å². The normalized spacial score (nSPS) is 27.3. The summed E-state index contributed by atoms with van der Waals surface area (Å²) in [7, 11) is 0. The molecule has 3 aliphatic rings. The number of carbonyl (C=O) groups excluding carboxylic acids is 3. The van der Waals surface area contributed by atoms with E-state index in [9.17, 15) is 14.4 Å². The van der Waals surface area contributed by atoms with Crippen LogP contribution in [0.2, 0.25) is 0 Å². The minimum absolute atomic E-state index is 0.0817. The van der Waals surface area contributed by atoms with Crippen LogP contribution in [0.15, 0.2) is 12.1 Å². The number of rotatable bonds is 6. The van der Waals surface area contributed by atoms with Crippen LogP contribution in [0.4, 0.5) is 4.39 Å². The Morgan fingerprint density at radius 2 is 2.00 bits per heavy atom. The Morgan fingerprint density at radius 1 is 1.23 bits per heavy atom. The quantitative estimate of drug-likeness (QED) is 0.330. The second-order valence-electron chi connectivity index (χ2n) is 9.04. The van der Waals surface area contributed by atoms with E-state index in [1.807, 2.05) is 0 Å². The molecule has 6 nitrogen and oxygen atoms in total. The Hall–Kier alpha value is -1.55. The summed E-state index contributed by atoms with van der Waals surface area (Å²) < 4.78 is 16.5. The standard InChI is InChI=1S/C23H29FIN3O3/c1-13(11-25)26-18-5-3-2-4-14(18)10-15-6-7-16-17(21(15)24)12-28(23(16)31)19-8-9-20(29)27-22(19)30/h6-7,13-14,18-19,26H,2-5,8-12H2,1H3,(H,27,29,30)/t13-,14-,18+,19?/m1/s1. The number of imide groups is 1. The summed E-state index contributed by atoms with van der Waals surface area (Å²) in [6.45, 7) is 2.27. The maximum Gasteiger partial charge on any atom is 0.255 e. The summed E-state index contributed by atoms with van der Waals surface area (Å²) in [6.07, 6.45) is 5.67. The van der Waals surface area contributed by atoms with E-state index in [2.05, 4.69) is 40.1 Å². The number of fused-ring (bicyclic) bond motifs is 1. The summed E-state index contributed by atoms with van der Waals surface area (Å²) in [5.41, 5.74) is 1.37. The second-order valence-corrected chi connectivity index (χ2v) is 9.92. The Balaban J connectivity index is 1.51. The summed E-state index contributed by atoms with van der Waals surface area (Å²) in [5, 5.41) is 6.00. The number of carbonyl (C=O) groups is 3. The van der Waals surface area contributed by atoms with Gasteiger partial charge in [0.05, 0.1) is 6.54 Å². The maximum absolute atomic E-state index is 15.5. The molecule has 0 aromatic heterocycles. The predicted molar refractivity (Wildman–Crippen MR) is 123 cm³/mol. The Labute approximate surface area is 195 Å². The van der Waals surface area contributed by atoms with Crippen molar-refractivity contribution >= 4 is 40.3 Å². The van der Waals surface area contributed by atoms with Gasteiger partial charge in [-0.25, -0.2) is 4.39 Å². The van der Waals surface area contributed by atoms with Gasteiger partial charge in [-0.3, -0.25) is 19.7 Å². The fourth-order valence-corrected chi connectivity index (χ4v) is 5.43. The molecule has 2 N–H and O–H groups in total. The highest BCUT2D eigenvalue weighted by atomic mass is 127. The molecule has 31 heavy (non-hydrogen) atoms. The van der Waals surface area contributed by atoms with Gasteiger partial charge in [0.1, 0.15) is 11.9 Å². The van der Waals surface area contributed by atoms with Gasteiger partial charge in [-0.1, -0.05) is 41.5 Å². The smallest absolute Gasteiger partial charge is 0.255 e. The van der Waals surface area contributed by atoms with Crippen LogP contribution >= 0.6 is 22.6 Å². The first-order valence-corrected chi connectivity index (χ1v) is 12.7. The number of piperidine rings is 1. The third-order valence-electron chi connectivity index (χ3n) is 6.85. The van der Waals surface area contributed by atoms with Gasteiger partial charge < -0.3 is 10.2 Å². The first kappa shape index (κ1) is 22.6. The lowest BCUT2D eigenvalue weighted by atomic mass is 9.80. The molecule has 4 rings (SSSR count). The van der Waals surface area contributed by atoms with Crippen molar-refractivity contribution in [2.75, 3.05) is 4.43 Å². The zero-order chi connectivity index (χ0) is 22.1. The average molecular weight is 541 g/mol. The van der Waals surface area contributed by atoms with Crippen molar-refractivity contribution in [3.63, 3.8) is 0 Å². The molecule has 1 aliphatic carbocycles. The first-order chi connectivity index (χ1) is 14.9. The van der Waals surface area contributed by atoms with Crippen LogP contribution in [0.3, 0.4) is 0 Å². The summed E-state index contributed by atoms with van der Waals surface area (Å²) >= 11 is 2.38. The van der Waals surface area contributed by atoms with Gasteiger partial charge in [0, 0.05) is 34.1 Å². The van der Waals surface area contributed by atoms with E-state index in [0.29, 0.717) is 41.1 Å². The van der Waals surface area contributed by atoms with Crippen LogP contribution in [0.25, 0.3) is 0 Å². The fourth-order valence-electron chi connectivity index (χ4n) is 5.17. The minimum Gasteiger partial charge on any atom is -0.322 e. The van der Waals surface area contributed by atoms with Gasteiger partial charge in [0.2, 0.25) is 11.8 Å². The van der Waals surface area contributed by atoms with E-state index in [4.69, 9.17) is 0 Å². The molecule has 1 aromatic carbocycles. The number of halogens is 2. The average Bonchev–Trinajstić information content (AvgIpc) is 3.08. The molecule has 3 amide bonds. The lowest BCUT2D eigenvalue weighted by molar-refractivity contribution is -0.136. The highest BCUT2D eigenvalue weighted by Gasteiger charge is 2.40. The largest absolute Gasteiger partial charge is 0.322 e. The Morgan fingerprint density at radius 3 is 2.74 bits per heavy atom. The molecule has 0 bridgehead atoms. The van der Waals surface area contributed by atoms with E-state index >= 15 is 4.39 Å². The molecule has 4 atom stereocenters. The Bertz CT molecular complexity index is 893. The maximum atomic E-state index is 15.5. The van der Waals surface area contributed by atoms with Crippen molar-refractivity contribution in [1.29, 1.82) is 0 Å². The third-order valence-corrected chi connectivity index (χ3v) is 8.17. The molecule has 2 heterocycles. The molecular weight excluding hydrogens is 512 g/mol. The lowest BCUT2D eigenvalue weighted by Gasteiger charge is -2.34. The Kier molecular flexibility index (Phi) is 6.95. The number of nitrogens with zero attached hydrogens (tertiary/aromatic N) is 1. The molecule has 0 radical (unpaired) electrons. The minimum atomic E-state index is -0.720. The zero-order valence-corrected chi connectivity index (χ0v) is 19.9. The molecule has 8 heteroatoms. The predicted octanol–water partition coefficient (Wildman–Crippen LogP) is 3.10. The third kappa shape index (κ3) is 4.65. The number of hydrogen-bond acceptors (Lipinski definition) is 4. The lowest BCUT2D eigenvalue weighted by Crippen LogP contribution is -2.52. The molecule has 2 fully saturated rings. The zero-order valence-electron chi connectivity index (χ0n) is 17.8. The monoisotopic (exact) mass is 541 g/mol. The molecule has 1 unspecified atom stereocenters. The number of alkyl halides is 1. The van der Waals surface area contributed by atoms with E-state index in [-0.39, 0.29) is 37.0 Å². The van der Waals surface area contributed by atoms with Crippen LogP contribution in [0.1, 0.15) is 66.9 Å². The number of nitrogens with one attached hydrogen (secondary N) is 2. The summed E-state index contributed by atoms with van der Waals surface area (Å²) in [5.74, 6) is -1.07. The molecule has 1 saturated carbocycles. The van der Waals surface area contributed by atoms with Crippen molar-refractivity contribution in [3.05, 3.63) is 34.6 Å². The van der Waals surface area contributed by atoms with Crippen LogP contribution in [0.5, 0.6) is 0 Å². The highest BCUT2D eigenvalue weighted by molar-refractivity contribution is 14.1. The van der Waals surface area contributed by atoms with E-state index in [1.54, 1.807) is 12.1 Å². The van der Waals surface area contributed by atoms with Crippen molar-refractivity contribution in [2.24, 2.45) is 5.92 Å². The van der Waals surface area contributed by atoms with Gasteiger partial charge in [-0.15, -0.1) is 0 Å². The second kappa shape index (κ2) is 9.52. The SMILES string of the molecule is C[C@H](CI)N[C@H]1CCCC[C@@H]1Cc1ccc2c(c1F)CN(C1CCC(=O)NC1=O)C2=O. The first-order valence-electron chi connectivity index (χ1n) is 11.2. The van der Waals surface area contributed by atoms with E-state index in [0.717, 1.165) is 23.7 Å². The number of hydrogen-bond donors (Lipinski definition) is 2. The molecular formula is C23H29FIN3O3. The summed E-state index contributed by atoms with van der Waals surface area (Å²) in [6, 6.07) is 3.54. The molecule has 1 saturated heterocycles. The molecule has 2 aliphatic heterocycles. The van der Waals surface area contributed by atoms with Gasteiger partial charge in [-0.05, 0) is 50.2 Å². The number of benzene rings is 1. The highest BCUT2D eigenvalue weighted by Crippen LogP contribution is 2.34. The topological polar surface area (TPSA) is 78.5 Å². The van der Waals surface area contributed by atoms with E-state index in [1.165, 1.54) is 11.3 Å². The molecule has 0 spiro atoms. The molecule has 168 valence electrons. The fraction of sp³-hybridized carbons (Fsp3) is 0.609. The van der Waals surface area contributed by atoms with Crippen molar-refractivity contribution in [1.82, 2.24) is 15.5 Å². The van der Waals surface area contributed by atoms with Gasteiger partial charge in [-0.2, -0.15) is 0 Å². The van der Waals surface area contributed by atoms with Crippen molar-refractivity contribution in [2.45, 2.75) is 76.5 Å².